The molecule has 11 heteroatoms. The average molecular weight is 612 g/mol. The monoisotopic (exact) mass is 611 g/mol. The van der Waals surface area contributed by atoms with Gasteiger partial charge in [-0.15, -0.1) is 0 Å². The lowest BCUT2D eigenvalue weighted by molar-refractivity contribution is -0.126. The number of alkyl carbamates (subject to hydrolysis) is 1. The standard InChI is InChI=1S/C32H41N3O7S/c1-4-19-35(42-29-17-16-27(31(33)37)20-28(29)36)43(39,40)30(18-15-25-11-7-5-8-12-25)24(3)23(2)21-34-32(38)41-22-26-13-9-6-10-14-26/h5-14,16-17,23-24,30H,4,15,18-22H2,1-3H3,(H2,33,37)(H,34,38)/t23?,24?,30-/m0/s1. The van der Waals surface area contributed by atoms with Crippen LogP contribution < -0.4 is 11.1 Å². The molecule has 0 saturated heterocycles. The van der Waals surface area contributed by atoms with Crippen LogP contribution in [0.3, 0.4) is 0 Å². The zero-order valence-corrected chi connectivity index (χ0v) is 25.7. The number of carbonyl (C=O) groups is 3. The fourth-order valence-electron chi connectivity index (χ4n) is 4.71. The van der Waals surface area contributed by atoms with Gasteiger partial charge in [-0.2, -0.15) is 0 Å². The minimum absolute atomic E-state index is 0.0202. The van der Waals surface area contributed by atoms with Crippen molar-refractivity contribution in [3.63, 3.8) is 0 Å². The van der Waals surface area contributed by atoms with Gasteiger partial charge in [-0.25, -0.2) is 13.2 Å². The maximum atomic E-state index is 14.2. The number of aryl methyl sites for hydroxylation is 1. The number of primary amides is 1. The molecule has 2 unspecified atom stereocenters. The Labute approximate surface area is 253 Å². The number of rotatable bonds is 16. The second-order valence-electron chi connectivity index (χ2n) is 10.7. The van der Waals surface area contributed by atoms with Gasteiger partial charge in [0.05, 0.1) is 11.8 Å². The fraction of sp³-hybridized carbons (Fsp3) is 0.406. The van der Waals surface area contributed by atoms with Gasteiger partial charge >= 0.3 is 6.09 Å². The molecule has 0 spiro atoms. The van der Waals surface area contributed by atoms with Gasteiger partial charge in [0.15, 0.2) is 5.76 Å². The predicted octanol–water partition coefficient (Wildman–Crippen LogP) is 4.43. The molecule has 2 aromatic rings. The van der Waals surface area contributed by atoms with Gasteiger partial charge in [-0.3, -0.25) is 9.59 Å². The summed E-state index contributed by atoms with van der Waals surface area (Å²) in [6.45, 7) is 5.87. The van der Waals surface area contributed by atoms with Crippen LogP contribution in [0.1, 0.15) is 51.2 Å². The molecule has 0 fully saturated rings. The molecule has 3 atom stereocenters. The Kier molecular flexibility index (Phi) is 12.5. The third-order valence-electron chi connectivity index (χ3n) is 7.48. The van der Waals surface area contributed by atoms with Crippen molar-refractivity contribution in [3.8, 4) is 0 Å². The fourth-order valence-corrected chi connectivity index (χ4v) is 6.86. The molecule has 0 aliphatic heterocycles. The van der Waals surface area contributed by atoms with Crippen molar-refractivity contribution in [2.75, 3.05) is 13.1 Å². The highest BCUT2D eigenvalue weighted by atomic mass is 32.2. The molecule has 0 bridgehead atoms. The Bertz CT molecular complexity index is 1410. The van der Waals surface area contributed by atoms with Crippen molar-refractivity contribution in [2.24, 2.45) is 17.6 Å². The summed E-state index contributed by atoms with van der Waals surface area (Å²) < 4.78 is 34.6. The molecule has 3 rings (SSSR count). The van der Waals surface area contributed by atoms with Gasteiger partial charge < -0.3 is 20.6 Å². The second kappa shape index (κ2) is 16.0. The number of sulfonamides is 1. The molecule has 0 aromatic heterocycles. The van der Waals surface area contributed by atoms with E-state index in [4.69, 9.17) is 15.3 Å². The number of nitrogens with one attached hydrogen (secondary N) is 1. The Morgan fingerprint density at radius 2 is 1.63 bits per heavy atom. The Balaban J connectivity index is 1.77. The van der Waals surface area contributed by atoms with Gasteiger partial charge in [-0.05, 0) is 58.8 Å². The van der Waals surface area contributed by atoms with E-state index in [-0.39, 0.29) is 43.4 Å². The van der Waals surface area contributed by atoms with Crippen molar-refractivity contribution in [2.45, 2.75) is 58.3 Å². The van der Waals surface area contributed by atoms with Crippen LogP contribution in [0, 0.1) is 11.8 Å². The van der Waals surface area contributed by atoms with E-state index in [2.05, 4.69) is 5.32 Å². The summed E-state index contributed by atoms with van der Waals surface area (Å²) in [5, 5.41) is 1.86. The number of hydroxylamine groups is 1. The van der Waals surface area contributed by atoms with Crippen LogP contribution in [0.4, 0.5) is 4.79 Å². The molecule has 0 radical (unpaired) electrons. The molecule has 10 nitrogen and oxygen atoms in total. The minimum Gasteiger partial charge on any atom is -0.445 e. The topological polar surface area (TPSA) is 145 Å². The van der Waals surface area contributed by atoms with E-state index in [1.807, 2.05) is 81.4 Å². The van der Waals surface area contributed by atoms with Crippen molar-refractivity contribution in [1.29, 1.82) is 0 Å². The first-order valence-electron chi connectivity index (χ1n) is 14.4. The smallest absolute Gasteiger partial charge is 0.407 e. The van der Waals surface area contributed by atoms with Gasteiger partial charge in [0.2, 0.25) is 21.7 Å². The van der Waals surface area contributed by atoms with E-state index in [9.17, 15) is 22.8 Å². The van der Waals surface area contributed by atoms with Crippen LogP contribution in [-0.2, 0) is 42.2 Å². The van der Waals surface area contributed by atoms with Crippen LogP contribution in [0.5, 0.6) is 0 Å². The van der Waals surface area contributed by atoms with Crippen LogP contribution >= 0.6 is 0 Å². The van der Waals surface area contributed by atoms with Crippen LogP contribution in [-0.4, -0.2) is 49.0 Å². The van der Waals surface area contributed by atoms with Crippen LogP contribution in [0.2, 0.25) is 0 Å². The van der Waals surface area contributed by atoms with Crippen molar-refractivity contribution < 1.29 is 32.4 Å². The lowest BCUT2D eigenvalue weighted by atomic mass is 9.89. The molecular weight excluding hydrogens is 570 g/mol. The van der Waals surface area contributed by atoms with E-state index in [0.29, 0.717) is 19.3 Å². The second-order valence-corrected chi connectivity index (χ2v) is 12.7. The number of carbonyl (C=O) groups excluding carboxylic acids is 3. The van der Waals surface area contributed by atoms with E-state index in [1.165, 1.54) is 12.2 Å². The molecule has 43 heavy (non-hydrogen) atoms. The highest BCUT2D eigenvalue weighted by Crippen LogP contribution is 2.30. The number of hydrogen-bond donors (Lipinski definition) is 2. The lowest BCUT2D eigenvalue weighted by Gasteiger charge is -2.33. The highest BCUT2D eigenvalue weighted by Gasteiger charge is 2.40. The molecule has 232 valence electrons. The predicted molar refractivity (Wildman–Crippen MR) is 163 cm³/mol. The number of ketones is 1. The van der Waals surface area contributed by atoms with E-state index in [1.54, 1.807) is 0 Å². The third-order valence-corrected chi connectivity index (χ3v) is 9.73. The summed E-state index contributed by atoms with van der Waals surface area (Å²) in [6, 6.07) is 18.9. The number of nitrogens with two attached hydrogens (primary N) is 1. The maximum absolute atomic E-state index is 14.2. The van der Waals surface area contributed by atoms with E-state index < -0.39 is 39.0 Å². The summed E-state index contributed by atoms with van der Waals surface area (Å²) in [6.07, 6.45) is 3.02. The van der Waals surface area contributed by atoms with Crippen LogP contribution in [0.25, 0.3) is 0 Å². The number of amides is 2. The highest BCUT2D eigenvalue weighted by molar-refractivity contribution is 7.89. The number of allylic oxidation sites excluding steroid dienone is 3. The van der Waals surface area contributed by atoms with Gasteiger partial charge in [0, 0.05) is 18.5 Å². The first-order chi connectivity index (χ1) is 20.5. The van der Waals surface area contributed by atoms with Crippen molar-refractivity contribution in [1.82, 2.24) is 9.79 Å². The van der Waals surface area contributed by atoms with E-state index in [0.717, 1.165) is 15.6 Å². The molecule has 0 heterocycles. The first kappa shape index (κ1) is 33.5. The van der Waals surface area contributed by atoms with Gasteiger partial charge in [0.1, 0.15) is 6.61 Å². The SMILES string of the molecule is CCCN(OC1=CC=C(C(N)=O)CC1=O)S(=O)(=O)[C@@H](CCc1ccccc1)C(C)C(C)CNC(=O)OCc1ccccc1. The molecule has 0 saturated carbocycles. The largest absolute Gasteiger partial charge is 0.445 e. The van der Waals surface area contributed by atoms with Crippen molar-refractivity contribution >= 4 is 27.8 Å². The zero-order valence-electron chi connectivity index (χ0n) is 24.9. The summed E-state index contributed by atoms with van der Waals surface area (Å²) >= 11 is 0. The summed E-state index contributed by atoms with van der Waals surface area (Å²) in [5.74, 6) is -2.09. The Hall–Kier alpha value is -3.96. The van der Waals surface area contributed by atoms with Crippen molar-refractivity contribution in [3.05, 3.63) is 95.3 Å². The average Bonchev–Trinajstić information content (AvgIpc) is 3.00. The van der Waals surface area contributed by atoms with E-state index >= 15 is 0 Å². The quantitative estimate of drug-likeness (QED) is 0.267. The van der Waals surface area contributed by atoms with Crippen LogP contribution in [0.15, 0.2) is 84.1 Å². The third kappa shape index (κ3) is 9.79. The molecule has 2 aromatic carbocycles. The molecule has 3 N–H and O–H groups in total. The number of benzene rings is 2. The number of Topliss-reactive ketones (excluding diaryl/α,β-unsaturated/α-hetero) is 1. The summed E-state index contributed by atoms with van der Waals surface area (Å²) in [4.78, 5) is 42.3. The summed E-state index contributed by atoms with van der Waals surface area (Å²) in [5.41, 5.74) is 7.26. The lowest BCUT2D eigenvalue weighted by Crippen LogP contribution is -2.45. The number of nitrogens with zero attached hydrogens (tertiary/aromatic N) is 1. The maximum Gasteiger partial charge on any atom is 0.407 e. The Morgan fingerprint density at radius 1 is 1.00 bits per heavy atom. The molecular formula is C32H41N3O7S. The molecule has 2 amide bonds. The van der Waals surface area contributed by atoms with Gasteiger partial charge in [-0.1, -0.05) is 81.4 Å². The molecule has 1 aliphatic rings. The molecule has 1 aliphatic carbocycles. The minimum atomic E-state index is -4.12. The zero-order chi connectivity index (χ0) is 31.4. The Morgan fingerprint density at radius 3 is 2.21 bits per heavy atom. The summed E-state index contributed by atoms with van der Waals surface area (Å²) in [7, 11) is -4.12. The first-order valence-corrected chi connectivity index (χ1v) is 15.9. The normalized spacial score (nSPS) is 15.6. The number of hydrogen-bond acceptors (Lipinski definition) is 7. The van der Waals surface area contributed by atoms with Gasteiger partial charge in [0.25, 0.3) is 0 Å². The number of ether oxygens (including phenoxy) is 1.